The van der Waals surface area contributed by atoms with Gasteiger partial charge in [-0.2, -0.15) is 4.98 Å². The minimum absolute atomic E-state index is 0.0784. The zero-order valence-electron chi connectivity index (χ0n) is 11.3. The second kappa shape index (κ2) is 5.24. The van der Waals surface area contributed by atoms with Gasteiger partial charge in [0.2, 0.25) is 11.8 Å². The van der Waals surface area contributed by atoms with Crippen LogP contribution in [0, 0.1) is 0 Å². The van der Waals surface area contributed by atoms with Crippen LogP contribution in [0.25, 0.3) is 0 Å². The first-order chi connectivity index (χ1) is 8.99. The van der Waals surface area contributed by atoms with Gasteiger partial charge in [-0.15, -0.1) is 0 Å². The van der Waals surface area contributed by atoms with Crippen molar-refractivity contribution in [2.75, 3.05) is 5.43 Å². The second-order valence-electron chi connectivity index (χ2n) is 5.24. The molecule has 0 radical (unpaired) electrons. The number of rotatable bonds is 3. The number of hydrazine groups is 1. The molecule has 1 aromatic carbocycles. The Kier molecular flexibility index (Phi) is 3.66. The topological polar surface area (TPSA) is 73.1 Å². The van der Waals surface area contributed by atoms with Crippen LogP contribution in [0.15, 0.2) is 36.5 Å². The summed E-state index contributed by atoms with van der Waals surface area (Å²) >= 11 is 0. The zero-order valence-corrected chi connectivity index (χ0v) is 11.3. The van der Waals surface area contributed by atoms with Crippen molar-refractivity contribution in [1.82, 2.24) is 9.97 Å². The Hall–Kier alpha value is -2.14. The van der Waals surface area contributed by atoms with Gasteiger partial charge in [0.15, 0.2) is 0 Å². The number of aromatic nitrogens is 2. The first-order valence-electron chi connectivity index (χ1n) is 6.07. The highest BCUT2D eigenvalue weighted by Gasteiger charge is 2.14. The molecular weight excluding hydrogens is 240 g/mol. The predicted octanol–water partition coefficient (Wildman–Crippen LogP) is 2.85. The third kappa shape index (κ3) is 3.42. The smallest absolute Gasteiger partial charge is 0.240 e. The third-order valence-corrected chi connectivity index (χ3v) is 2.68. The van der Waals surface area contributed by atoms with Crippen molar-refractivity contribution in [1.29, 1.82) is 0 Å². The molecule has 0 unspecified atom stereocenters. The van der Waals surface area contributed by atoms with Crippen LogP contribution in [0.1, 0.15) is 26.3 Å². The van der Waals surface area contributed by atoms with Gasteiger partial charge in [0, 0.05) is 12.3 Å². The first-order valence-corrected chi connectivity index (χ1v) is 6.07. The van der Waals surface area contributed by atoms with Crippen molar-refractivity contribution >= 4 is 5.95 Å². The summed E-state index contributed by atoms with van der Waals surface area (Å²) in [5.41, 5.74) is 3.67. The minimum Gasteiger partial charge on any atom is -0.439 e. The van der Waals surface area contributed by atoms with Gasteiger partial charge in [-0.25, -0.2) is 10.8 Å². The van der Waals surface area contributed by atoms with Crippen LogP contribution in [0.2, 0.25) is 0 Å². The molecule has 1 heterocycles. The van der Waals surface area contributed by atoms with E-state index in [-0.39, 0.29) is 5.41 Å². The molecule has 100 valence electrons. The number of benzene rings is 1. The Morgan fingerprint density at radius 3 is 2.68 bits per heavy atom. The number of hydrogen-bond donors (Lipinski definition) is 2. The molecule has 19 heavy (non-hydrogen) atoms. The number of anilines is 1. The summed E-state index contributed by atoms with van der Waals surface area (Å²) < 4.78 is 5.71. The number of ether oxygens (including phenoxy) is 1. The largest absolute Gasteiger partial charge is 0.439 e. The lowest BCUT2D eigenvalue weighted by atomic mass is 9.87. The van der Waals surface area contributed by atoms with E-state index in [2.05, 4.69) is 42.2 Å². The van der Waals surface area contributed by atoms with Gasteiger partial charge in [-0.1, -0.05) is 32.9 Å². The van der Waals surface area contributed by atoms with E-state index in [1.54, 1.807) is 12.3 Å². The lowest BCUT2D eigenvalue weighted by Crippen LogP contribution is -2.11. The Morgan fingerprint density at radius 2 is 2.00 bits per heavy atom. The number of nitrogen functional groups attached to an aromatic ring is 1. The van der Waals surface area contributed by atoms with Crippen LogP contribution in [0.4, 0.5) is 5.95 Å². The fourth-order valence-electron chi connectivity index (χ4n) is 1.62. The van der Waals surface area contributed by atoms with E-state index in [0.29, 0.717) is 11.8 Å². The molecule has 0 atom stereocenters. The molecule has 1 aromatic heterocycles. The SMILES string of the molecule is CC(C)(C)c1cccc(Oc2ccnc(NN)n2)c1. The molecule has 0 aliphatic rings. The van der Waals surface area contributed by atoms with Crippen LogP contribution in [0.3, 0.4) is 0 Å². The molecule has 0 saturated heterocycles. The third-order valence-electron chi connectivity index (χ3n) is 2.68. The highest BCUT2D eigenvalue weighted by Crippen LogP contribution is 2.27. The number of hydrogen-bond acceptors (Lipinski definition) is 5. The fourth-order valence-corrected chi connectivity index (χ4v) is 1.62. The van der Waals surface area contributed by atoms with Crippen molar-refractivity contribution in [3.05, 3.63) is 42.1 Å². The molecule has 2 aromatic rings. The van der Waals surface area contributed by atoms with Crippen LogP contribution in [0.5, 0.6) is 11.6 Å². The molecule has 0 bridgehead atoms. The molecule has 5 heteroatoms. The molecule has 0 aliphatic carbocycles. The molecular formula is C14H18N4O. The summed E-state index contributed by atoms with van der Waals surface area (Å²) in [6.45, 7) is 6.48. The van der Waals surface area contributed by atoms with Crippen molar-refractivity contribution < 1.29 is 4.74 Å². The number of nitrogens with zero attached hydrogens (tertiary/aromatic N) is 2. The van der Waals surface area contributed by atoms with E-state index in [1.807, 2.05) is 18.2 Å². The molecule has 5 nitrogen and oxygen atoms in total. The van der Waals surface area contributed by atoms with Gasteiger partial charge >= 0.3 is 0 Å². The fraction of sp³-hybridized carbons (Fsp3) is 0.286. The summed E-state index contributed by atoms with van der Waals surface area (Å²) in [6, 6.07) is 9.65. The summed E-state index contributed by atoms with van der Waals surface area (Å²) in [6.07, 6.45) is 1.59. The molecule has 0 spiro atoms. The van der Waals surface area contributed by atoms with Gasteiger partial charge in [-0.3, -0.25) is 5.43 Å². The lowest BCUT2D eigenvalue weighted by Gasteiger charge is -2.19. The van der Waals surface area contributed by atoms with Gasteiger partial charge in [-0.05, 0) is 23.1 Å². The van der Waals surface area contributed by atoms with E-state index in [0.717, 1.165) is 5.75 Å². The molecule has 0 aliphatic heterocycles. The van der Waals surface area contributed by atoms with Crippen molar-refractivity contribution in [3.63, 3.8) is 0 Å². The normalized spacial score (nSPS) is 11.2. The van der Waals surface area contributed by atoms with Gasteiger partial charge < -0.3 is 4.74 Å². The maximum atomic E-state index is 5.71. The van der Waals surface area contributed by atoms with Gasteiger partial charge in [0.25, 0.3) is 0 Å². The van der Waals surface area contributed by atoms with Gasteiger partial charge in [0.1, 0.15) is 5.75 Å². The Bertz CT molecular complexity index is 563. The van der Waals surface area contributed by atoms with Gasteiger partial charge in [0.05, 0.1) is 0 Å². The Balaban J connectivity index is 2.23. The molecule has 0 amide bonds. The second-order valence-corrected chi connectivity index (χ2v) is 5.24. The Labute approximate surface area is 112 Å². The highest BCUT2D eigenvalue weighted by molar-refractivity contribution is 5.35. The molecule has 0 saturated carbocycles. The maximum Gasteiger partial charge on any atom is 0.240 e. The first kappa shape index (κ1) is 13.3. The van der Waals surface area contributed by atoms with Crippen LogP contribution in [-0.4, -0.2) is 9.97 Å². The van der Waals surface area contributed by atoms with E-state index >= 15 is 0 Å². The summed E-state index contributed by atoms with van der Waals surface area (Å²) in [5.74, 6) is 6.78. The average molecular weight is 258 g/mol. The summed E-state index contributed by atoms with van der Waals surface area (Å²) in [7, 11) is 0. The minimum atomic E-state index is 0.0784. The monoisotopic (exact) mass is 258 g/mol. The molecule has 0 fully saturated rings. The predicted molar refractivity (Wildman–Crippen MR) is 75.1 cm³/mol. The lowest BCUT2D eigenvalue weighted by molar-refractivity contribution is 0.459. The van der Waals surface area contributed by atoms with Crippen molar-refractivity contribution in [2.45, 2.75) is 26.2 Å². The molecule has 2 rings (SSSR count). The van der Waals surface area contributed by atoms with Crippen LogP contribution in [-0.2, 0) is 5.41 Å². The van der Waals surface area contributed by atoms with Crippen molar-refractivity contribution in [3.8, 4) is 11.6 Å². The van der Waals surface area contributed by atoms with Crippen molar-refractivity contribution in [2.24, 2.45) is 5.84 Å². The number of nitrogens with one attached hydrogen (secondary N) is 1. The number of nitrogens with two attached hydrogens (primary N) is 1. The standard InChI is InChI=1S/C14H18N4O/c1-14(2,3)10-5-4-6-11(9-10)19-12-7-8-16-13(17-12)18-15/h4-9H,15H2,1-3H3,(H,16,17,18). The van der Waals surface area contributed by atoms with Crippen LogP contribution >= 0.6 is 0 Å². The average Bonchev–Trinajstić information content (AvgIpc) is 2.38. The highest BCUT2D eigenvalue weighted by atomic mass is 16.5. The quantitative estimate of drug-likeness (QED) is 0.654. The Morgan fingerprint density at radius 1 is 1.21 bits per heavy atom. The van der Waals surface area contributed by atoms with E-state index in [1.165, 1.54) is 5.56 Å². The van der Waals surface area contributed by atoms with Crippen LogP contribution < -0.4 is 16.0 Å². The van der Waals surface area contributed by atoms with E-state index in [9.17, 15) is 0 Å². The summed E-state index contributed by atoms with van der Waals surface area (Å²) in [5, 5.41) is 0. The maximum absolute atomic E-state index is 5.71. The molecule has 3 N–H and O–H groups in total. The zero-order chi connectivity index (χ0) is 13.9. The summed E-state index contributed by atoms with van der Waals surface area (Å²) in [4.78, 5) is 8.04. The van der Waals surface area contributed by atoms with E-state index < -0.39 is 0 Å². The van der Waals surface area contributed by atoms with E-state index in [4.69, 9.17) is 10.6 Å².